The quantitative estimate of drug-likeness (QED) is 0.918. The van der Waals surface area contributed by atoms with E-state index < -0.39 is 5.54 Å². The lowest BCUT2D eigenvalue weighted by Gasteiger charge is -2.33. The summed E-state index contributed by atoms with van der Waals surface area (Å²) in [7, 11) is 3.53. The SMILES string of the molecule is COc1ccccc1C(C)N(C)C(=O)C1(C)CCCN1. The molecule has 1 N–H and O–H groups in total. The first-order chi connectivity index (χ1) is 9.49. The number of benzene rings is 1. The van der Waals surface area contributed by atoms with Crippen molar-refractivity contribution in [1.82, 2.24) is 10.2 Å². The van der Waals surface area contributed by atoms with Crippen molar-refractivity contribution in [3.05, 3.63) is 29.8 Å². The van der Waals surface area contributed by atoms with Gasteiger partial charge in [0.2, 0.25) is 5.91 Å². The van der Waals surface area contributed by atoms with E-state index in [-0.39, 0.29) is 11.9 Å². The van der Waals surface area contributed by atoms with E-state index in [4.69, 9.17) is 4.74 Å². The van der Waals surface area contributed by atoms with Crippen LogP contribution in [0.4, 0.5) is 0 Å². The molecule has 0 saturated carbocycles. The van der Waals surface area contributed by atoms with Gasteiger partial charge in [0.25, 0.3) is 0 Å². The second-order valence-corrected chi connectivity index (χ2v) is 5.70. The summed E-state index contributed by atoms with van der Waals surface area (Å²) in [6, 6.07) is 7.84. The van der Waals surface area contributed by atoms with E-state index in [1.165, 1.54) is 0 Å². The Balaban J connectivity index is 2.19. The number of nitrogens with zero attached hydrogens (tertiary/aromatic N) is 1. The molecule has 1 aromatic carbocycles. The zero-order chi connectivity index (χ0) is 14.8. The van der Waals surface area contributed by atoms with Crippen LogP contribution in [0.1, 0.15) is 38.3 Å². The number of hydrogen-bond acceptors (Lipinski definition) is 3. The first kappa shape index (κ1) is 14.9. The van der Waals surface area contributed by atoms with Crippen molar-refractivity contribution in [1.29, 1.82) is 0 Å². The van der Waals surface area contributed by atoms with Gasteiger partial charge in [-0.05, 0) is 39.3 Å². The van der Waals surface area contributed by atoms with Gasteiger partial charge in [0, 0.05) is 12.6 Å². The molecule has 1 heterocycles. The summed E-state index contributed by atoms with van der Waals surface area (Å²) in [5.74, 6) is 0.970. The normalized spacial score (nSPS) is 23.4. The van der Waals surface area contributed by atoms with Crippen molar-refractivity contribution in [2.75, 3.05) is 20.7 Å². The molecule has 20 heavy (non-hydrogen) atoms. The van der Waals surface area contributed by atoms with Gasteiger partial charge in [0.1, 0.15) is 5.75 Å². The van der Waals surface area contributed by atoms with Crippen LogP contribution in [-0.4, -0.2) is 37.0 Å². The molecule has 1 fully saturated rings. The van der Waals surface area contributed by atoms with Crippen molar-refractivity contribution in [3.63, 3.8) is 0 Å². The van der Waals surface area contributed by atoms with Gasteiger partial charge in [-0.25, -0.2) is 0 Å². The highest BCUT2D eigenvalue weighted by atomic mass is 16.5. The van der Waals surface area contributed by atoms with Gasteiger partial charge in [-0.15, -0.1) is 0 Å². The van der Waals surface area contributed by atoms with Crippen LogP contribution in [-0.2, 0) is 4.79 Å². The third kappa shape index (κ3) is 2.66. The van der Waals surface area contributed by atoms with Crippen molar-refractivity contribution in [2.24, 2.45) is 0 Å². The van der Waals surface area contributed by atoms with E-state index in [9.17, 15) is 4.79 Å². The molecule has 1 saturated heterocycles. The summed E-state index contributed by atoms with van der Waals surface area (Å²) in [6.45, 7) is 4.95. The molecule has 0 radical (unpaired) electrons. The molecule has 2 atom stereocenters. The fourth-order valence-corrected chi connectivity index (χ4v) is 2.86. The molecule has 4 nitrogen and oxygen atoms in total. The topological polar surface area (TPSA) is 41.6 Å². The van der Waals surface area contributed by atoms with Crippen LogP contribution >= 0.6 is 0 Å². The monoisotopic (exact) mass is 276 g/mol. The molecule has 0 aliphatic carbocycles. The molecule has 0 aromatic heterocycles. The fraction of sp³-hybridized carbons (Fsp3) is 0.562. The molecule has 1 aromatic rings. The minimum atomic E-state index is -0.426. The van der Waals surface area contributed by atoms with Gasteiger partial charge in [-0.3, -0.25) is 4.79 Å². The van der Waals surface area contributed by atoms with Gasteiger partial charge in [-0.2, -0.15) is 0 Å². The van der Waals surface area contributed by atoms with Gasteiger partial charge in [0.15, 0.2) is 0 Å². The number of para-hydroxylation sites is 1. The van der Waals surface area contributed by atoms with E-state index >= 15 is 0 Å². The maximum Gasteiger partial charge on any atom is 0.242 e. The van der Waals surface area contributed by atoms with Gasteiger partial charge in [-0.1, -0.05) is 18.2 Å². The Morgan fingerprint density at radius 2 is 2.15 bits per heavy atom. The van der Waals surface area contributed by atoms with Crippen molar-refractivity contribution >= 4 is 5.91 Å². The van der Waals surface area contributed by atoms with Crippen molar-refractivity contribution < 1.29 is 9.53 Å². The number of ether oxygens (including phenoxy) is 1. The fourth-order valence-electron chi connectivity index (χ4n) is 2.86. The molecule has 2 rings (SSSR count). The smallest absolute Gasteiger partial charge is 0.242 e. The molecule has 4 heteroatoms. The molecule has 2 unspecified atom stereocenters. The summed E-state index contributed by atoms with van der Waals surface area (Å²) in [5.41, 5.74) is 0.609. The Labute approximate surface area is 121 Å². The second-order valence-electron chi connectivity index (χ2n) is 5.70. The highest BCUT2D eigenvalue weighted by Crippen LogP contribution is 2.31. The average molecular weight is 276 g/mol. The van der Waals surface area contributed by atoms with Crippen LogP contribution in [0.5, 0.6) is 5.75 Å². The standard InChI is InChI=1S/C16H24N2O2/c1-12(13-8-5-6-9-14(13)20-4)18(3)15(19)16(2)10-7-11-17-16/h5-6,8-9,12,17H,7,10-11H2,1-4H3. The number of rotatable bonds is 4. The van der Waals surface area contributed by atoms with E-state index in [0.29, 0.717) is 0 Å². The number of hydrogen-bond donors (Lipinski definition) is 1. The minimum Gasteiger partial charge on any atom is -0.496 e. The minimum absolute atomic E-state index is 0.0159. The van der Waals surface area contributed by atoms with Crippen LogP contribution in [0.2, 0.25) is 0 Å². The zero-order valence-corrected chi connectivity index (χ0v) is 12.8. The lowest BCUT2D eigenvalue weighted by atomic mass is 9.96. The van der Waals surface area contributed by atoms with Crippen molar-refractivity contribution in [2.45, 2.75) is 38.3 Å². The van der Waals surface area contributed by atoms with E-state index in [1.54, 1.807) is 7.11 Å². The van der Waals surface area contributed by atoms with Crippen LogP contribution < -0.4 is 10.1 Å². The maximum absolute atomic E-state index is 12.7. The summed E-state index contributed by atoms with van der Waals surface area (Å²) in [5, 5.41) is 3.33. The lowest BCUT2D eigenvalue weighted by Crippen LogP contribution is -2.52. The number of carbonyl (C=O) groups is 1. The second kappa shape index (κ2) is 5.83. The summed E-state index contributed by atoms with van der Waals surface area (Å²) in [6.07, 6.45) is 1.95. The Bertz CT molecular complexity index is 481. The number of likely N-dealkylation sites (N-methyl/N-ethyl adjacent to an activating group) is 1. The molecule has 1 amide bonds. The number of carbonyl (C=O) groups excluding carboxylic acids is 1. The summed E-state index contributed by atoms with van der Waals surface area (Å²) < 4.78 is 5.39. The van der Waals surface area contributed by atoms with Gasteiger partial charge in [0.05, 0.1) is 18.7 Å². The molecule has 0 bridgehead atoms. The number of methoxy groups -OCH3 is 1. The first-order valence-corrected chi connectivity index (χ1v) is 7.15. The summed E-state index contributed by atoms with van der Waals surface area (Å²) >= 11 is 0. The highest BCUT2D eigenvalue weighted by molar-refractivity contribution is 5.86. The third-order valence-electron chi connectivity index (χ3n) is 4.33. The van der Waals surface area contributed by atoms with E-state index in [2.05, 4.69) is 5.32 Å². The molecule has 1 aliphatic rings. The molecule has 110 valence electrons. The Kier molecular flexibility index (Phi) is 4.33. The van der Waals surface area contributed by atoms with Gasteiger partial charge < -0.3 is 15.0 Å². The maximum atomic E-state index is 12.7. The predicted octanol–water partition coefficient (Wildman–Crippen LogP) is 2.36. The molecule has 0 spiro atoms. The zero-order valence-electron chi connectivity index (χ0n) is 12.8. The Morgan fingerprint density at radius 3 is 2.75 bits per heavy atom. The number of amides is 1. The lowest BCUT2D eigenvalue weighted by molar-refractivity contribution is -0.137. The average Bonchev–Trinajstić information content (AvgIpc) is 2.93. The summed E-state index contributed by atoms with van der Waals surface area (Å²) in [4.78, 5) is 14.5. The van der Waals surface area contributed by atoms with E-state index in [1.807, 2.05) is 50.1 Å². The molecular formula is C16H24N2O2. The molecular weight excluding hydrogens is 252 g/mol. The number of nitrogens with one attached hydrogen (secondary N) is 1. The van der Waals surface area contributed by atoms with Gasteiger partial charge >= 0.3 is 0 Å². The predicted molar refractivity (Wildman–Crippen MR) is 79.8 cm³/mol. The third-order valence-corrected chi connectivity index (χ3v) is 4.33. The first-order valence-electron chi connectivity index (χ1n) is 7.15. The van der Waals surface area contributed by atoms with Crippen LogP contribution in [0.25, 0.3) is 0 Å². The Hall–Kier alpha value is -1.55. The van der Waals surface area contributed by atoms with Crippen LogP contribution in [0, 0.1) is 0 Å². The van der Waals surface area contributed by atoms with Crippen LogP contribution in [0.3, 0.4) is 0 Å². The van der Waals surface area contributed by atoms with Crippen LogP contribution in [0.15, 0.2) is 24.3 Å². The molecule has 1 aliphatic heterocycles. The van der Waals surface area contributed by atoms with Crippen molar-refractivity contribution in [3.8, 4) is 5.75 Å². The van der Waals surface area contributed by atoms with E-state index in [0.717, 1.165) is 30.7 Å². The largest absolute Gasteiger partial charge is 0.496 e. The Morgan fingerprint density at radius 1 is 1.45 bits per heavy atom. The highest BCUT2D eigenvalue weighted by Gasteiger charge is 2.39.